The van der Waals surface area contributed by atoms with Crippen molar-refractivity contribution in [2.45, 2.75) is 56.7 Å². The highest BCUT2D eigenvalue weighted by Crippen LogP contribution is 2.59. The highest BCUT2D eigenvalue weighted by Gasteiger charge is 2.61. The summed E-state index contributed by atoms with van der Waals surface area (Å²) in [5.74, 6) is -1.02. The molecule has 3 aliphatic carbocycles. The molecule has 3 fully saturated rings. The van der Waals surface area contributed by atoms with Crippen molar-refractivity contribution in [2.75, 3.05) is 6.54 Å². The second-order valence-electron chi connectivity index (χ2n) is 6.08. The zero-order chi connectivity index (χ0) is 15.7. The van der Waals surface area contributed by atoms with Crippen LogP contribution in [-0.2, 0) is 4.79 Å². The van der Waals surface area contributed by atoms with E-state index in [1.807, 2.05) is 0 Å². The number of hydrogen-bond donors (Lipinski definition) is 3. The van der Waals surface area contributed by atoms with Gasteiger partial charge in [0.05, 0.1) is 11.8 Å². The first-order chi connectivity index (χ1) is 9.68. The molecule has 0 atom stereocenters. The second kappa shape index (κ2) is 5.38. The molecule has 2 amide bonds. The van der Waals surface area contributed by atoms with E-state index in [0.29, 0.717) is 19.3 Å². The zero-order valence-electron chi connectivity index (χ0n) is 11.6. The minimum Gasteiger partial charge on any atom is -0.481 e. The van der Waals surface area contributed by atoms with Crippen LogP contribution in [0, 0.1) is 5.41 Å². The van der Waals surface area contributed by atoms with Crippen molar-refractivity contribution in [2.24, 2.45) is 5.41 Å². The van der Waals surface area contributed by atoms with Crippen LogP contribution < -0.4 is 10.6 Å². The Morgan fingerprint density at radius 3 is 2.00 bits per heavy atom. The van der Waals surface area contributed by atoms with Crippen LogP contribution in [0.4, 0.5) is 18.0 Å². The van der Waals surface area contributed by atoms with Crippen molar-refractivity contribution in [1.29, 1.82) is 0 Å². The lowest BCUT2D eigenvalue weighted by Crippen LogP contribution is -2.61. The Labute approximate surface area is 120 Å². The van der Waals surface area contributed by atoms with Gasteiger partial charge in [-0.3, -0.25) is 4.79 Å². The number of nitrogens with one attached hydrogen (secondary N) is 2. The van der Waals surface area contributed by atoms with E-state index in [1.54, 1.807) is 0 Å². The van der Waals surface area contributed by atoms with E-state index in [9.17, 15) is 22.8 Å². The van der Waals surface area contributed by atoms with Gasteiger partial charge in [-0.15, -0.1) is 0 Å². The highest BCUT2D eigenvalue weighted by molar-refractivity contribution is 5.75. The molecule has 0 aliphatic heterocycles. The van der Waals surface area contributed by atoms with Gasteiger partial charge >= 0.3 is 18.2 Å². The van der Waals surface area contributed by atoms with Gasteiger partial charge in [0, 0.05) is 12.1 Å². The Hall–Kier alpha value is -1.47. The third-order valence-electron chi connectivity index (χ3n) is 4.85. The second-order valence-corrected chi connectivity index (χ2v) is 6.08. The van der Waals surface area contributed by atoms with Crippen molar-refractivity contribution in [3.8, 4) is 0 Å². The highest BCUT2D eigenvalue weighted by atomic mass is 19.4. The van der Waals surface area contributed by atoms with Crippen molar-refractivity contribution in [3.63, 3.8) is 0 Å². The molecular weight excluding hydrogens is 289 g/mol. The number of alkyl halides is 3. The summed E-state index contributed by atoms with van der Waals surface area (Å²) in [4.78, 5) is 22.1. The summed E-state index contributed by atoms with van der Waals surface area (Å²) >= 11 is 0. The van der Waals surface area contributed by atoms with Crippen LogP contribution in [0.25, 0.3) is 0 Å². The van der Waals surface area contributed by atoms with Crippen LogP contribution in [0.2, 0.25) is 0 Å². The third-order valence-corrected chi connectivity index (χ3v) is 4.85. The molecule has 3 N–H and O–H groups in total. The Morgan fingerprint density at radius 2 is 1.57 bits per heavy atom. The maximum Gasteiger partial charge on any atom is 0.394 e. The van der Waals surface area contributed by atoms with E-state index in [-0.39, 0.29) is 32.2 Å². The number of hydrogen-bond acceptors (Lipinski definition) is 2. The fourth-order valence-corrected chi connectivity index (χ4v) is 3.37. The standard InChI is InChI=1S/C13H19F3N2O3/c14-13(15,16)11-2-5-12(6-3-11,7-4-11)18-10(21)17-8-1-9(19)20/h1-8H2,(H,19,20)(H2,17,18,21). The van der Waals surface area contributed by atoms with Crippen molar-refractivity contribution in [1.82, 2.24) is 10.6 Å². The van der Waals surface area contributed by atoms with Gasteiger partial charge in [-0.05, 0) is 38.5 Å². The Kier molecular flexibility index (Phi) is 4.08. The molecule has 3 aliphatic rings. The van der Waals surface area contributed by atoms with Gasteiger partial charge in [0.15, 0.2) is 0 Å². The van der Waals surface area contributed by atoms with E-state index in [1.165, 1.54) is 0 Å². The van der Waals surface area contributed by atoms with Crippen molar-refractivity contribution in [3.05, 3.63) is 0 Å². The number of carbonyl (C=O) groups excluding carboxylic acids is 1. The summed E-state index contributed by atoms with van der Waals surface area (Å²) in [6, 6.07) is -0.502. The van der Waals surface area contributed by atoms with E-state index < -0.39 is 29.1 Å². The Bertz CT molecular complexity index is 412. The third kappa shape index (κ3) is 3.24. The SMILES string of the molecule is O=C(O)CCNC(=O)NC12CCC(C(F)(F)F)(CC1)CC2. The topological polar surface area (TPSA) is 78.4 Å². The molecule has 2 bridgehead atoms. The number of carbonyl (C=O) groups is 2. The summed E-state index contributed by atoms with van der Waals surface area (Å²) in [5, 5.41) is 13.7. The lowest BCUT2D eigenvalue weighted by atomic mass is 9.57. The molecule has 21 heavy (non-hydrogen) atoms. The average Bonchev–Trinajstić information content (AvgIpc) is 2.38. The van der Waals surface area contributed by atoms with Gasteiger partial charge in [-0.25, -0.2) is 4.79 Å². The number of aliphatic carboxylic acids is 1. The normalized spacial score (nSPS) is 31.8. The minimum absolute atomic E-state index is 0.00371. The number of rotatable bonds is 4. The molecule has 0 unspecified atom stereocenters. The summed E-state index contributed by atoms with van der Waals surface area (Å²) in [6.07, 6.45) is -3.26. The molecule has 5 nitrogen and oxygen atoms in total. The first-order valence-corrected chi connectivity index (χ1v) is 7.03. The molecule has 0 aromatic rings. The summed E-state index contributed by atoms with van der Waals surface area (Å²) in [7, 11) is 0. The first-order valence-electron chi connectivity index (χ1n) is 7.03. The fraction of sp³-hybridized carbons (Fsp3) is 0.846. The van der Waals surface area contributed by atoms with E-state index in [0.717, 1.165) is 0 Å². The fourth-order valence-electron chi connectivity index (χ4n) is 3.37. The number of urea groups is 1. The molecule has 0 spiro atoms. The van der Waals surface area contributed by atoms with Gasteiger partial charge in [0.1, 0.15) is 0 Å². The van der Waals surface area contributed by atoms with Gasteiger partial charge in [-0.2, -0.15) is 13.2 Å². The van der Waals surface area contributed by atoms with Crippen LogP contribution in [0.5, 0.6) is 0 Å². The largest absolute Gasteiger partial charge is 0.481 e. The number of carboxylic acids is 1. The maximum atomic E-state index is 13.1. The van der Waals surface area contributed by atoms with Crippen LogP contribution in [0.3, 0.4) is 0 Å². The maximum absolute atomic E-state index is 13.1. The number of fused-ring (bicyclic) bond motifs is 3. The lowest BCUT2D eigenvalue weighted by molar-refractivity contribution is -0.253. The van der Waals surface area contributed by atoms with Crippen LogP contribution in [0.15, 0.2) is 0 Å². The first kappa shape index (κ1) is 15.9. The number of carboxylic acid groups (broad SMARTS) is 1. The van der Waals surface area contributed by atoms with Crippen LogP contribution in [-0.4, -0.2) is 35.4 Å². The smallest absolute Gasteiger partial charge is 0.394 e. The minimum atomic E-state index is -4.18. The summed E-state index contributed by atoms with van der Waals surface area (Å²) in [5.41, 5.74) is -2.14. The molecule has 0 aromatic heterocycles. The van der Waals surface area contributed by atoms with Crippen molar-refractivity contribution >= 4 is 12.0 Å². The molecule has 3 rings (SSSR count). The quantitative estimate of drug-likeness (QED) is 0.746. The lowest BCUT2D eigenvalue weighted by Gasteiger charge is -2.53. The van der Waals surface area contributed by atoms with Crippen LogP contribution >= 0.6 is 0 Å². The molecule has 0 saturated heterocycles. The predicted molar refractivity (Wildman–Crippen MR) is 67.7 cm³/mol. The Morgan fingerprint density at radius 1 is 1.05 bits per heavy atom. The van der Waals surface area contributed by atoms with Gasteiger partial charge in [-0.1, -0.05) is 0 Å². The zero-order valence-corrected chi connectivity index (χ0v) is 11.6. The molecule has 8 heteroatoms. The molecule has 120 valence electrons. The molecular formula is C13H19F3N2O3. The predicted octanol–water partition coefficient (Wildman–Crippen LogP) is 2.42. The summed E-state index contributed by atoms with van der Waals surface area (Å²) < 4.78 is 39.3. The van der Waals surface area contributed by atoms with E-state index >= 15 is 0 Å². The average molecular weight is 308 g/mol. The van der Waals surface area contributed by atoms with E-state index in [2.05, 4.69) is 10.6 Å². The molecule has 0 aromatic carbocycles. The van der Waals surface area contributed by atoms with Gasteiger partial charge in [0.2, 0.25) is 0 Å². The monoisotopic (exact) mass is 308 g/mol. The van der Waals surface area contributed by atoms with E-state index in [4.69, 9.17) is 5.11 Å². The molecule has 0 heterocycles. The number of halogens is 3. The van der Waals surface area contributed by atoms with Gasteiger partial charge in [0.25, 0.3) is 0 Å². The van der Waals surface area contributed by atoms with Crippen molar-refractivity contribution < 1.29 is 27.9 Å². The molecule has 0 radical (unpaired) electrons. The Balaban J connectivity index is 1.87. The van der Waals surface area contributed by atoms with Gasteiger partial charge < -0.3 is 15.7 Å². The van der Waals surface area contributed by atoms with Crippen LogP contribution in [0.1, 0.15) is 44.9 Å². The molecule has 3 saturated carbocycles. The summed E-state index contributed by atoms with van der Waals surface area (Å²) in [6.45, 7) is 0.00371. The number of amides is 2.